The lowest BCUT2D eigenvalue weighted by molar-refractivity contribution is -0.120. The van der Waals surface area contributed by atoms with Crippen LogP contribution < -0.4 is 10.2 Å². The van der Waals surface area contributed by atoms with E-state index < -0.39 is 5.91 Å². The van der Waals surface area contributed by atoms with Crippen LogP contribution in [0.5, 0.6) is 11.5 Å². The van der Waals surface area contributed by atoms with Gasteiger partial charge >= 0.3 is 0 Å². The first-order chi connectivity index (χ1) is 8.19. The molecule has 0 bridgehead atoms. The maximum atomic E-state index is 10.9. The van der Waals surface area contributed by atoms with Crippen LogP contribution in [-0.2, 0) is 4.79 Å². The molecule has 0 aliphatic carbocycles. The summed E-state index contributed by atoms with van der Waals surface area (Å²) in [7, 11) is 1.44. The van der Waals surface area contributed by atoms with Gasteiger partial charge in [0.05, 0.1) is 19.4 Å². The molecule has 1 amide bonds. The van der Waals surface area contributed by atoms with Gasteiger partial charge in [-0.3, -0.25) is 4.79 Å². The summed E-state index contributed by atoms with van der Waals surface area (Å²) < 4.78 is 4.91. The number of nitrogens with zero attached hydrogens (tertiary/aromatic N) is 2. The molecule has 0 saturated heterocycles. The molecule has 1 aromatic rings. The summed E-state index contributed by atoms with van der Waals surface area (Å²) in [6.07, 6.45) is 1.01. The van der Waals surface area contributed by atoms with E-state index >= 15 is 0 Å². The Morgan fingerprint density at radius 2 is 2.47 bits per heavy atom. The van der Waals surface area contributed by atoms with Crippen LogP contribution in [0.3, 0.4) is 0 Å². The number of nitrogens with one attached hydrogen (secondary N) is 1. The number of para-hydroxylation sites is 1. The van der Waals surface area contributed by atoms with Gasteiger partial charge in [-0.15, -0.1) is 0 Å². The van der Waals surface area contributed by atoms with Crippen LogP contribution >= 0.6 is 0 Å². The number of aromatic hydroxyl groups is 1. The molecule has 2 N–H and O–H groups in total. The molecule has 0 unspecified atom stereocenters. The van der Waals surface area contributed by atoms with Crippen molar-refractivity contribution in [2.24, 2.45) is 5.10 Å². The third kappa shape index (κ3) is 3.50. The number of phenolic OH excluding ortho intramolecular Hbond substituents is 1. The number of hydrazone groups is 1. The number of methoxy groups -OCH3 is 1. The van der Waals surface area contributed by atoms with E-state index in [4.69, 9.17) is 10.00 Å². The van der Waals surface area contributed by atoms with Gasteiger partial charge in [0.25, 0.3) is 5.91 Å². The van der Waals surface area contributed by atoms with Crippen molar-refractivity contribution in [3.8, 4) is 17.6 Å². The maximum Gasteiger partial charge on any atom is 0.254 e. The van der Waals surface area contributed by atoms with Gasteiger partial charge in [0.15, 0.2) is 11.5 Å². The minimum atomic E-state index is -0.508. The minimum Gasteiger partial charge on any atom is -0.504 e. The third-order valence-corrected chi connectivity index (χ3v) is 1.88. The molecule has 0 aliphatic heterocycles. The summed E-state index contributed by atoms with van der Waals surface area (Å²) in [5.41, 5.74) is 2.56. The fraction of sp³-hybridized carbons (Fsp3) is 0.182. The molecule has 6 nitrogen and oxygen atoms in total. The number of nitriles is 1. The number of phenols is 1. The smallest absolute Gasteiger partial charge is 0.254 e. The van der Waals surface area contributed by atoms with Crippen LogP contribution in [0.1, 0.15) is 12.0 Å². The number of carbonyl (C=O) groups is 1. The molecule has 0 fully saturated rings. The van der Waals surface area contributed by atoms with Crippen molar-refractivity contribution in [3.05, 3.63) is 23.8 Å². The van der Waals surface area contributed by atoms with Crippen molar-refractivity contribution in [2.75, 3.05) is 7.11 Å². The third-order valence-electron chi connectivity index (χ3n) is 1.88. The van der Waals surface area contributed by atoms with Crippen LogP contribution in [0.25, 0.3) is 0 Å². The Bertz CT molecular complexity index is 477. The molecule has 0 heterocycles. The van der Waals surface area contributed by atoms with Crippen molar-refractivity contribution < 1.29 is 14.6 Å². The Morgan fingerprint density at radius 1 is 1.71 bits per heavy atom. The van der Waals surface area contributed by atoms with E-state index in [0.29, 0.717) is 11.3 Å². The quantitative estimate of drug-likeness (QED) is 0.593. The van der Waals surface area contributed by atoms with Crippen LogP contribution in [0, 0.1) is 11.3 Å². The molecule has 0 atom stereocenters. The van der Waals surface area contributed by atoms with E-state index in [1.54, 1.807) is 24.3 Å². The summed E-state index contributed by atoms with van der Waals surface area (Å²) in [4.78, 5) is 10.9. The van der Waals surface area contributed by atoms with Crippen molar-refractivity contribution in [2.45, 2.75) is 6.42 Å². The summed E-state index contributed by atoms with van der Waals surface area (Å²) in [6.45, 7) is 0. The minimum absolute atomic E-state index is 0.0618. The zero-order valence-corrected chi connectivity index (χ0v) is 9.17. The Hall–Kier alpha value is -2.55. The van der Waals surface area contributed by atoms with E-state index in [2.05, 4.69) is 10.5 Å². The molecule has 0 aromatic heterocycles. The summed E-state index contributed by atoms with van der Waals surface area (Å²) in [5, 5.41) is 21.5. The van der Waals surface area contributed by atoms with Crippen molar-refractivity contribution in [1.29, 1.82) is 5.26 Å². The highest BCUT2D eigenvalue weighted by Crippen LogP contribution is 2.27. The monoisotopic (exact) mass is 233 g/mol. The molecule has 0 spiro atoms. The van der Waals surface area contributed by atoms with Gasteiger partial charge in [0.2, 0.25) is 0 Å². The van der Waals surface area contributed by atoms with Crippen LogP contribution in [0.15, 0.2) is 23.3 Å². The molecule has 0 saturated carbocycles. The SMILES string of the molecule is COc1cccc(C=NNC(=O)CC#N)c1O. The summed E-state index contributed by atoms with van der Waals surface area (Å²) in [6, 6.07) is 6.58. The lowest BCUT2D eigenvalue weighted by atomic mass is 10.2. The second kappa shape index (κ2) is 6.12. The average Bonchev–Trinajstić information content (AvgIpc) is 2.32. The first-order valence-electron chi connectivity index (χ1n) is 4.74. The standard InChI is InChI=1S/C11H11N3O3/c1-17-9-4-2-3-8(11(9)16)7-13-14-10(15)5-6-12/h2-4,7,16H,5H2,1H3,(H,14,15). The second-order valence-electron chi connectivity index (χ2n) is 3.03. The fourth-order valence-corrected chi connectivity index (χ4v) is 1.09. The van der Waals surface area contributed by atoms with Gasteiger partial charge < -0.3 is 9.84 Å². The molecular weight excluding hydrogens is 222 g/mol. The molecule has 88 valence electrons. The fourth-order valence-electron chi connectivity index (χ4n) is 1.09. The van der Waals surface area contributed by atoms with Gasteiger partial charge in [-0.25, -0.2) is 5.43 Å². The Kier molecular flexibility index (Phi) is 4.51. The zero-order chi connectivity index (χ0) is 12.7. The molecular formula is C11H11N3O3. The molecule has 0 aliphatic rings. The molecule has 6 heteroatoms. The largest absolute Gasteiger partial charge is 0.504 e. The number of hydrogen-bond acceptors (Lipinski definition) is 5. The van der Waals surface area contributed by atoms with E-state index in [-0.39, 0.29) is 12.2 Å². The first kappa shape index (κ1) is 12.5. The molecule has 17 heavy (non-hydrogen) atoms. The highest BCUT2D eigenvalue weighted by atomic mass is 16.5. The normalized spacial score (nSPS) is 9.88. The summed E-state index contributed by atoms with van der Waals surface area (Å²) in [5.74, 6) is -0.253. The highest BCUT2D eigenvalue weighted by molar-refractivity contribution is 5.86. The second-order valence-corrected chi connectivity index (χ2v) is 3.03. The van der Waals surface area contributed by atoms with E-state index in [9.17, 15) is 9.90 Å². The number of rotatable bonds is 4. The number of benzene rings is 1. The van der Waals surface area contributed by atoms with Crippen LogP contribution in [0.4, 0.5) is 0 Å². The maximum absolute atomic E-state index is 10.9. The highest BCUT2D eigenvalue weighted by Gasteiger charge is 2.04. The van der Waals surface area contributed by atoms with Crippen LogP contribution in [0.2, 0.25) is 0 Å². The van der Waals surface area contributed by atoms with E-state index in [0.717, 1.165) is 0 Å². The Morgan fingerprint density at radius 3 is 3.12 bits per heavy atom. The van der Waals surface area contributed by atoms with Gasteiger partial charge in [-0.05, 0) is 12.1 Å². The van der Waals surface area contributed by atoms with Crippen molar-refractivity contribution in [1.82, 2.24) is 5.43 Å². The number of amides is 1. The Balaban J connectivity index is 2.72. The van der Waals surface area contributed by atoms with Crippen LogP contribution in [-0.4, -0.2) is 24.3 Å². The Labute approximate surface area is 98.1 Å². The zero-order valence-electron chi connectivity index (χ0n) is 9.17. The lowest BCUT2D eigenvalue weighted by Gasteiger charge is -2.04. The van der Waals surface area contributed by atoms with E-state index in [1.807, 2.05) is 0 Å². The van der Waals surface area contributed by atoms with Gasteiger partial charge in [-0.1, -0.05) is 6.07 Å². The number of ether oxygens (including phenoxy) is 1. The van der Waals surface area contributed by atoms with Gasteiger partial charge in [-0.2, -0.15) is 10.4 Å². The first-order valence-corrected chi connectivity index (χ1v) is 4.74. The average molecular weight is 233 g/mol. The van der Waals surface area contributed by atoms with E-state index in [1.165, 1.54) is 13.3 Å². The van der Waals surface area contributed by atoms with Gasteiger partial charge in [0.1, 0.15) is 6.42 Å². The van der Waals surface area contributed by atoms with Crippen molar-refractivity contribution in [3.63, 3.8) is 0 Å². The lowest BCUT2D eigenvalue weighted by Crippen LogP contribution is -2.16. The van der Waals surface area contributed by atoms with Gasteiger partial charge in [0, 0.05) is 5.56 Å². The van der Waals surface area contributed by atoms with Crippen molar-refractivity contribution >= 4 is 12.1 Å². The summed E-state index contributed by atoms with van der Waals surface area (Å²) >= 11 is 0. The number of hydrogen-bond donors (Lipinski definition) is 2. The molecule has 1 aromatic carbocycles. The topological polar surface area (TPSA) is 94.7 Å². The molecule has 0 radical (unpaired) electrons. The predicted octanol–water partition coefficient (Wildman–Crippen LogP) is 0.765. The molecule has 1 rings (SSSR count). The predicted molar refractivity (Wildman–Crippen MR) is 60.6 cm³/mol. The number of carbonyl (C=O) groups excluding carboxylic acids is 1.